The molecule has 0 aliphatic carbocycles. The third kappa shape index (κ3) is 4.44. The summed E-state index contributed by atoms with van der Waals surface area (Å²) in [7, 11) is 0. The Kier molecular flexibility index (Phi) is 5.49. The molecule has 1 rings (SSSR count). The molecule has 0 fully saturated rings. The summed E-state index contributed by atoms with van der Waals surface area (Å²) in [4.78, 5) is 12.6. The molecule has 4 heteroatoms. The Bertz CT molecular complexity index is 349. The smallest absolute Gasteiger partial charge is 0.305 e. The fraction of sp³-hybridized carbons (Fsp3) is 0.462. The van der Waals surface area contributed by atoms with Gasteiger partial charge in [-0.05, 0) is 24.1 Å². The highest BCUT2D eigenvalue weighted by molar-refractivity contribution is 5.67. The van der Waals surface area contributed by atoms with Crippen molar-refractivity contribution in [2.75, 3.05) is 24.5 Å². The number of nitrogens with zero attached hydrogens (tertiary/aromatic N) is 1. The Labute approximate surface area is 102 Å². The van der Waals surface area contributed by atoms with E-state index in [4.69, 9.17) is 10.8 Å². The highest BCUT2D eigenvalue weighted by Crippen LogP contribution is 2.15. The molecule has 0 amide bonds. The number of carbonyl (C=O) groups is 1. The number of aryl methyl sites for hydroxylation is 1. The van der Waals surface area contributed by atoms with E-state index in [1.54, 1.807) is 0 Å². The van der Waals surface area contributed by atoms with Gasteiger partial charge in [0.15, 0.2) is 0 Å². The van der Waals surface area contributed by atoms with Gasteiger partial charge in [0.2, 0.25) is 0 Å². The van der Waals surface area contributed by atoms with Gasteiger partial charge >= 0.3 is 5.97 Å². The molecular weight excluding hydrogens is 216 g/mol. The predicted octanol–water partition coefficient (Wildman–Crippen LogP) is 1.49. The number of hydrogen-bond acceptors (Lipinski definition) is 3. The molecule has 0 heterocycles. The highest BCUT2D eigenvalue weighted by Gasteiger charge is 2.07. The van der Waals surface area contributed by atoms with Gasteiger partial charge in [-0.3, -0.25) is 4.79 Å². The summed E-state index contributed by atoms with van der Waals surface area (Å²) in [6.45, 7) is 3.81. The Hall–Kier alpha value is -1.55. The molecule has 0 spiro atoms. The molecule has 0 saturated heterocycles. The van der Waals surface area contributed by atoms with E-state index in [-0.39, 0.29) is 6.42 Å². The van der Waals surface area contributed by atoms with E-state index in [1.165, 1.54) is 5.56 Å². The summed E-state index contributed by atoms with van der Waals surface area (Å²) in [6.07, 6.45) is 1.14. The van der Waals surface area contributed by atoms with E-state index >= 15 is 0 Å². The summed E-state index contributed by atoms with van der Waals surface area (Å²) >= 11 is 0. The third-order valence-electron chi connectivity index (χ3n) is 2.70. The minimum atomic E-state index is -0.780. The zero-order chi connectivity index (χ0) is 12.7. The quantitative estimate of drug-likeness (QED) is 0.752. The second-order valence-corrected chi connectivity index (χ2v) is 3.94. The molecule has 0 bridgehead atoms. The average Bonchev–Trinajstić information content (AvgIpc) is 2.34. The molecule has 0 saturated carbocycles. The minimum Gasteiger partial charge on any atom is -0.481 e. The van der Waals surface area contributed by atoms with Gasteiger partial charge in [0.25, 0.3) is 0 Å². The van der Waals surface area contributed by atoms with Gasteiger partial charge in [0, 0.05) is 25.3 Å². The van der Waals surface area contributed by atoms with Crippen molar-refractivity contribution in [1.82, 2.24) is 0 Å². The summed E-state index contributed by atoms with van der Waals surface area (Å²) in [5.74, 6) is -0.780. The zero-order valence-electron chi connectivity index (χ0n) is 10.2. The fourth-order valence-electron chi connectivity index (χ4n) is 1.70. The number of rotatable bonds is 7. The fourth-order valence-corrected chi connectivity index (χ4v) is 1.70. The van der Waals surface area contributed by atoms with Crippen molar-refractivity contribution in [3.8, 4) is 0 Å². The molecule has 0 atom stereocenters. The van der Waals surface area contributed by atoms with Crippen LogP contribution in [-0.2, 0) is 11.2 Å². The van der Waals surface area contributed by atoms with E-state index in [9.17, 15) is 4.79 Å². The lowest BCUT2D eigenvalue weighted by Gasteiger charge is -2.23. The van der Waals surface area contributed by atoms with Crippen LogP contribution in [0.4, 0.5) is 5.69 Å². The van der Waals surface area contributed by atoms with Crippen LogP contribution in [0.1, 0.15) is 18.9 Å². The molecule has 94 valence electrons. The number of aliphatic carboxylic acids is 1. The predicted molar refractivity (Wildman–Crippen MR) is 69.3 cm³/mol. The van der Waals surface area contributed by atoms with Crippen molar-refractivity contribution in [2.45, 2.75) is 19.8 Å². The van der Waals surface area contributed by atoms with Crippen molar-refractivity contribution in [3.63, 3.8) is 0 Å². The van der Waals surface area contributed by atoms with Gasteiger partial charge in [0.1, 0.15) is 0 Å². The molecule has 1 aromatic carbocycles. The minimum absolute atomic E-state index is 0.134. The Morgan fingerprint density at radius 3 is 2.41 bits per heavy atom. The van der Waals surface area contributed by atoms with Gasteiger partial charge in [-0.15, -0.1) is 0 Å². The Morgan fingerprint density at radius 2 is 1.94 bits per heavy atom. The highest BCUT2D eigenvalue weighted by atomic mass is 16.4. The Morgan fingerprint density at radius 1 is 1.29 bits per heavy atom. The monoisotopic (exact) mass is 236 g/mol. The second kappa shape index (κ2) is 6.91. The SMILES string of the molecule is CCc1ccc(N(CCN)CCC(=O)O)cc1. The first-order valence-electron chi connectivity index (χ1n) is 5.93. The maximum absolute atomic E-state index is 10.6. The maximum atomic E-state index is 10.6. The molecular formula is C13H20N2O2. The number of carboxylic acid groups (broad SMARTS) is 1. The Balaban J connectivity index is 2.70. The van der Waals surface area contributed by atoms with Crippen LogP contribution in [0, 0.1) is 0 Å². The van der Waals surface area contributed by atoms with E-state index in [0.717, 1.165) is 12.1 Å². The van der Waals surface area contributed by atoms with Gasteiger partial charge in [-0.2, -0.15) is 0 Å². The lowest BCUT2D eigenvalue weighted by molar-refractivity contribution is -0.136. The van der Waals surface area contributed by atoms with Crippen LogP contribution in [0.3, 0.4) is 0 Å². The van der Waals surface area contributed by atoms with Crippen molar-refractivity contribution >= 4 is 11.7 Å². The largest absolute Gasteiger partial charge is 0.481 e. The van der Waals surface area contributed by atoms with Crippen molar-refractivity contribution < 1.29 is 9.90 Å². The van der Waals surface area contributed by atoms with Crippen LogP contribution in [-0.4, -0.2) is 30.7 Å². The average molecular weight is 236 g/mol. The van der Waals surface area contributed by atoms with E-state index in [2.05, 4.69) is 19.1 Å². The van der Waals surface area contributed by atoms with Crippen molar-refractivity contribution in [1.29, 1.82) is 0 Å². The number of carboxylic acids is 1. The van der Waals surface area contributed by atoms with Gasteiger partial charge in [-0.1, -0.05) is 19.1 Å². The number of nitrogens with two attached hydrogens (primary N) is 1. The normalized spacial score (nSPS) is 10.2. The maximum Gasteiger partial charge on any atom is 0.305 e. The van der Waals surface area contributed by atoms with Crippen LogP contribution in [0.2, 0.25) is 0 Å². The number of hydrogen-bond donors (Lipinski definition) is 2. The van der Waals surface area contributed by atoms with Crippen LogP contribution in [0.5, 0.6) is 0 Å². The zero-order valence-corrected chi connectivity index (χ0v) is 10.2. The summed E-state index contributed by atoms with van der Waals surface area (Å²) in [5, 5.41) is 8.70. The van der Waals surface area contributed by atoms with Crippen molar-refractivity contribution in [2.24, 2.45) is 5.73 Å². The van der Waals surface area contributed by atoms with Crippen molar-refractivity contribution in [3.05, 3.63) is 29.8 Å². The standard InChI is InChI=1S/C13H20N2O2/c1-2-11-3-5-12(6-4-11)15(10-8-14)9-7-13(16)17/h3-6H,2,7-10,14H2,1H3,(H,16,17). The lowest BCUT2D eigenvalue weighted by atomic mass is 10.1. The molecule has 17 heavy (non-hydrogen) atoms. The van der Waals surface area contributed by atoms with Crippen LogP contribution < -0.4 is 10.6 Å². The molecule has 0 unspecified atom stereocenters. The number of benzene rings is 1. The molecule has 3 N–H and O–H groups in total. The molecule has 1 aromatic rings. The lowest BCUT2D eigenvalue weighted by Crippen LogP contribution is -2.31. The van der Waals surface area contributed by atoms with E-state index in [0.29, 0.717) is 19.6 Å². The first-order chi connectivity index (χ1) is 8.17. The molecule has 0 aromatic heterocycles. The number of anilines is 1. The van der Waals surface area contributed by atoms with E-state index < -0.39 is 5.97 Å². The van der Waals surface area contributed by atoms with Crippen LogP contribution in [0.15, 0.2) is 24.3 Å². The van der Waals surface area contributed by atoms with E-state index in [1.807, 2.05) is 17.0 Å². The second-order valence-electron chi connectivity index (χ2n) is 3.94. The molecule has 0 aliphatic heterocycles. The molecule has 0 aliphatic rings. The first kappa shape index (κ1) is 13.5. The molecule has 4 nitrogen and oxygen atoms in total. The molecule has 0 radical (unpaired) electrons. The van der Waals surface area contributed by atoms with Crippen LogP contribution >= 0.6 is 0 Å². The van der Waals surface area contributed by atoms with Crippen LogP contribution in [0.25, 0.3) is 0 Å². The summed E-state index contributed by atoms with van der Waals surface area (Å²) in [6, 6.07) is 8.19. The van der Waals surface area contributed by atoms with Gasteiger partial charge in [0.05, 0.1) is 6.42 Å². The van der Waals surface area contributed by atoms with Gasteiger partial charge < -0.3 is 15.7 Å². The summed E-state index contributed by atoms with van der Waals surface area (Å²) in [5.41, 5.74) is 7.85. The third-order valence-corrected chi connectivity index (χ3v) is 2.70. The first-order valence-corrected chi connectivity index (χ1v) is 5.93. The summed E-state index contributed by atoms with van der Waals surface area (Å²) < 4.78 is 0. The topological polar surface area (TPSA) is 66.6 Å². The van der Waals surface area contributed by atoms with Gasteiger partial charge in [-0.25, -0.2) is 0 Å².